The van der Waals surface area contributed by atoms with Crippen LogP contribution in [0.2, 0.25) is 0 Å². The summed E-state index contributed by atoms with van der Waals surface area (Å²) in [7, 11) is -2.26. The van der Waals surface area contributed by atoms with E-state index in [2.05, 4.69) is 16.0 Å². The molecule has 0 radical (unpaired) electrons. The summed E-state index contributed by atoms with van der Waals surface area (Å²) in [5, 5.41) is 8.73. The third-order valence-electron chi connectivity index (χ3n) is 6.13. The fourth-order valence-corrected chi connectivity index (χ4v) is 5.17. The number of hydrogen-bond donors (Lipinski definition) is 3. The van der Waals surface area contributed by atoms with Crippen LogP contribution in [0.4, 0.5) is 17.1 Å². The summed E-state index contributed by atoms with van der Waals surface area (Å²) in [6, 6.07) is 19.6. The van der Waals surface area contributed by atoms with Crippen molar-refractivity contribution < 1.29 is 27.5 Å². The summed E-state index contributed by atoms with van der Waals surface area (Å²) in [5.74, 6) is 0.351. The Balaban J connectivity index is 1.79. The van der Waals surface area contributed by atoms with Gasteiger partial charge in [0.05, 0.1) is 42.1 Å². The van der Waals surface area contributed by atoms with Crippen molar-refractivity contribution in [1.82, 2.24) is 5.32 Å². The molecule has 3 N–H and O–H groups in total. The van der Waals surface area contributed by atoms with Crippen molar-refractivity contribution in [3.63, 3.8) is 0 Å². The zero-order valence-corrected chi connectivity index (χ0v) is 23.6. The van der Waals surface area contributed by atoms with Crippen molar-refractivity contribution in [2.75, 3.05) is 48.0 Å². The van der Waals surface area contributed by atoms with E-state index in [1.807, 2.05) is 44.2 Å². The number of nitrogens with zero attached hydrogens (tertiary/aromatic N) is 1. The number of rotatable bonds is 11. The number of carbonyl (C=O) groups is 2. The third kappa shape index (κ3) is 6.20. The van der Waals surface area contributed by atoms with E-state index in [4.69, 9.17) is 9.47 Å². The molecule has 40 heavy (non-hydrogen) atoms. The van der Waals surface area contributed by atoms with Crippen LogP contribution in [-0.2, 0) is 19.6 Å². The predicted molar refractivity (Wildman–Crippen MR) is 157 cm³/mol. The molecule has 210 valence electrons. The average Bonchev–Trinajstić information content (AvgIpc) is 3.25. The highest BCUT2D eigenvalue weighted by atomic mass is 32.2. The van der Waals surface area contributed by atoms with E-state index < -0.39 is 15.9 Å². The molecular weight excluding hydrogens is 532 g/mol. The number of hydrogen-bond acceptors (Lipinski definition) is 7. The molecule has 0 bridgehead atoms. The van der Waals surface area contributed by atoms with E-state index in [-0.39, 0.29) is 12.5 Å². The van der Waals surface area contributed by atoms with Gasteiger partial charge in [-0.2, -0.15) is 0 Å². The molecule has 10 nitrogen and oxygen atoms in total. The van der Waals surface area contributed by atoms with Crippen LogP contribution in [0, 0.1) is 0 Å². The Morgan fingerprint density at radius 2 is 1.57 bits per heavy atom. The van der Waals surface area contributed by atoms with Crippen LogP contribution >= 0.6 is 0 Å². The van der Waals surface area contributed by atoms with Crippen LogP contribution < -0.4 is 29.7 Å². The summed E-state index contributed by atoms with van der Waals surface area (Å²) in [5.41, 5.74) is 3.96. The van der Waals surface area contributed by atoms with Crippen LogP contribution in [0.3, 0.4) is 0 Å². The van der Waals surface area contributed by atoms with Gasteiger partial charge in [0, 0.05) is 24.4 Å². The number of nitrogens with one attached hydrogen (secondary N) is 3. The van der Waals surface area contributed by atoms with Gasteiger partial charge in [0.25, 0.3) is 5.91 Å². The molecule has 11 heteroatoms. The molecule has 0 aliphatic carbocycles. The van der Waals surface area contributed by atoms with Crippen molar-refractivity contribution >= 4 is 50.2 Å². The Bertz CT molecular complexity index is 1540. The Morgan fingerprint density at radius 1 is 0.950 bits per heavy atom. The number of carbonyl (C=O) groups excluding carboxylic acids is 2. The molecular formula is C29H32N4O6S. The van der Waals surface area contributed by atoms with Gasteiger partial charge in [0.1, 0.15) is 6.54 Å². The van der Waals surface area contributed by atoms with Crippen LogP contribution in [-0.4, -0.2) is 53.3 Å². The molecule has 0 unspecified atom stereocenters. The molecule has 0 fully saturated rings. The molecule has 0 saturated carbocycles. The first kappa shape index (κ1) is 28.5. The predicted octanol–water partition coefficient (Wildman–Crippen LogP) is 3.93. The second kappa shape index (κ2) is 12.1. The monoisotopic (exact) mass is 564 g/mol. The van der Waals surface area contributed by atoms with Crippen molar-refractivity contribution in [3.05, 3.63) is 77.9 Å². The molecule has 1 aliphatic heterocycles. The second-order valence-corrected chi connectivity index (χ2v) is 10.8. The van der Waals surface area contributed by atoms with Gasteiger partial charge in [-0.1, -0.05) is 30.3 Å². The third-order valence-corrected chi connectivity index (χ3v) is 7.27. The number of likely N-dealkylation sites (N-methyl/N-ethyl adjacent to an activating group) is 1. The Kier molecular flexibility index (Phi) is 8.64. The number of ether oxygens (including phenoxy) is 2. The first-order valence-electron chi connectivity index (χ1n) is 12.8. The van der Waals surface area contributed by atoms with Crippen molar-refractivity contribution in [2.24, 2.45) is 0 Å². The molecule has 3 aromatic carbocycles. The van der Waals surface area contributed by atoms with E-state index in [0.717, 1.165) is 16.1 Å². The lowest BCUT2D eigenvalue weighted by Gasteiger charge is -2.22. The minimum Gasteiger partial charge on any atom is -0.490 e. The van der Waals surface area contributed by atoms with Crippen LogP contribution in [0.25, 0.3) is 11.3 Å². The fourth-order valence-electron chi connectivity index (χ4n) is 4.31. The van der Waals surface area contributed by atoms with Gasteiger partial charge in [0.15, 0.2) is 11.5 Å². The Hall–Kier alpha value is -4.51. The summed E-state index contributed by atoms with van der Waals surface area (Å²) in [6.07, 6.45) is 1.05. The second-order valence-electron chi connectivity index (χ2n) is 8.90. The average molecular weight is 565 g/mol. The van der Waals surface area contributed by atoms with E-state index in [9.17, 15) is 18.0 Å². The Labute approximate surface area is 234 Å². The molecule has 1 aliphatic rings. The maximum absolute atomic E-state index is 13.4. The normalized spacial score (nSPS) is 13.7. The summed E-state index contributed by atoms with van der Waals surface area (Å²) in [6.45, 7) is 4.29. The largest absolute Gasteiger partial charge is 0.490 e. The maximum atomic E-state index is 13.4. The maximum Gasteiger partial charge on any atom is 0.258 e. The topological polar surface area (TPSA) is 126 Å². The molecule has 1 heterocycles. The molecule has 0 aromatic heterocycles. The van der Waals surface area contributed by atoms with Gasteiger partial charge < -0.3 is 25.4 Å². The number of sulfonamides is 1. The van der Waals surface area contributed by atoms with Crippen molar-refractivity contribution in [3.8, 4) is 11.5 Å². The van der Waals surface area contributed by atoms with E-state index in [1.54, 1.807) is 36.4 Å². The fraction of sp³-hybridized carbons (Fsp3) is 0.241. The van der Waals surface area contributed by atoms with E-state index in [0.29, 0.717) is 58.6 Å². The quantitative estimate of drug-likeness (QED) is 0.301. The van der Waals surface area contributed by atoms with Gasteiger partial charge in [-0.15, -0.1) is 0 Å². The molecule has 0 atom stereocenters. The van der Waals surface area contributed by atoms with Gasteiger partial charge in [-0.3, -0.25) is 13.9 Å². The number of benzene rings is 3. The van der Waals surface area contributed by atoms with Gasteiger partial charge in [0.2, 0.25) is 15.9 Å². The molecule has 0 spiro atoms. The SMILES string of the molecule is CCOc1cc2c(cc1OCC)C(=C(Nc1ccc(N(CC(=O)NC)S(C)(=O)=O)cc1)c1ccccc1)C(=O)N2. The standard InChI is InChI=1S/C29H32N4O6S/c1-5-38-24-16-22-23(17-25(24)39-6-2)32-29(35)27(22)28(19-10-8-7-9-11-19)31-20-12-14-21(15-13-20)33(40(4,36)37)18-26(34)30-3/h7-17,31H,5-6,18H2,1-4H3,(H,30,34)(H,32,35). The van der Waals surface area contributed by atoms with E-state index >= 15 is 0 Å². The Morgan fingerprint density at radius 3 is 2.15 bits per heavy atom. The number of anilines is 3. The lowest BCUT2D eigenvalue weighted by Crippen LogP contribution is -2.39. The van der Waals surface area contributed by atoms with Gasteiger partial charge >= 0.3 is 0 Å². The summed E-state index contributed by atoms with van der Waals surface area (Å²) in [4.78, 5) is 25.3. The molecule has 4 rings (SSSR count). The first-order valence-corrected chi connectivity index (χ1v) is 14.6. The first-order chi connectivity index (χ1) is 19.2. The number of fused-ring (bicyclic) bond motifs is 1. The van der Waals surface area contributed by atoms with Gasteiger partial charge in [-0.25, -0.2) is 8.42 Å². The zero-order valence-electron chi connectivity index (χ0n) is 22.8. The summed E-state index contributed by atoms with van der Waals surface area (Å²) >= 11 is 0. The molecule has 3 aromatic rings. The van der Waals surface area contributed by atoms with Crippen LogP contribution in [0.15, 0.2) is 66.7 Å². The lowest BCUT2D eigenvalue weighted by molar-refractivity contribution is -0.119. The lowest BCUT2D eigenvalue weighted by atomic mass is 9.99. The van der Waals surface area contributed by atoms with Crippen LogP contribution in [0.5, 0.6) is 11.5 Å². The minimum atomic E-state index is -3.70. The molecule has 0 saturated heterocycles. The highest BCUT2D eigenvalue weighted by Gasteiger charge is 2.31. The van der Waals surface area contributed by atoms with Crippen molar-refractivity contribution in [2.45, 2.75) is 13.8 Å². The smallest absolute Gasteiger partial charge is 0.258 e. The van der Waals surface area contributed by atoms with Crippen molar-refractivity contribution in [1.29, 1.82) is 0 Å². The number of amides is 2. The zero-order chi connectivity index (χ0) is 28.9. The molecule has 2 amide bonds. The highest BCUT2D eigenvalue weighted by Crippen LogP contribution is 2.43. The minimum absolute atomic E-state index is 0.289. The summed E-state index contributed by atoms with van der Waals surface area (Å²) < 4.78 is 37.3. The van der Waals surface area contributed by atoms with Gasteiger partial charge in [-0.05, 0) is 49.7 Å². The van der Waals surface area contributed by atoms with Crippen LogP contribution in [0.1, 0.15) is 25.0 Å². The van der Waals surface area contributed by atoms with E-state index in [1.165, 1.54) is 7.05 Å². The highest BCUT2D eigenvalue weighted by molar-refractivity contribution is 7.92.